The monoisotopic (exact) mass is 308 g/mol. The van der Waals surface area contributed by atoms with Gasteiger partial charge in [0, 0.05) is 20.0 Å². The summed E-state index contributed by atoms with van der Waals surface area (Å²) < 4.78 is 0. The third-order valence-electron chi connectivity index (χ3n) is 4.11. The quantitative estimate of drug-likeness (QED) is 0.929. The largest absolute Gasteiger partial charge is 0.344 e. The third-order valence-corrected chi connectivity index (χ3v) is 4.81. The van der Waals surface area contributed by atoms with E-state index in [4.69, 9.17) is 0 Å². The molecule has 1 fully saturated rings. The molecule has 1 aliphatic heterocycles. The number of thiophene rings is 1. The lowest BCUT2D eigenvalue weighted by molar-refractivity contribution is -0.138. The molecule has 1 saturated heterocycles. The minimum atomic E-state index is -0.403. The first-order chi connectivity index (χ1) is 9.99. The SMILES string of the molecule is CC(=O)NC(C(=O)N1CCC(c2ccsc2)CC1)C(C)C. The molecule has 1 unspecified atom stereocenters. The van der Waals surface area contributed by atoms with E-state index in [9.17, 15) is 9.59 Å². The Labute approximate surface area is 130 Å². The van der Waals surface area contributed by atoms with Gasteiger partial charge in [0.05, 0.1) is 0 Å². The number of nitrogens with zero attached hydrogens (tertiary/aromatic N) is 1. The highest BCUT2D eigenvalue weighted by atomic mass is 32.1. The normalized spacial score (nSPS) is 17.8. The number of likely N-dealkylation sites (tertiary alicyclic amines) is 1. The molecule has 0 aromatic carbocycles. The van der Waals surface area contributed by atoms with Gasteiger partial charge in [-0.1, -0.05) is 13.8 Å². The first-order valence-electron chi connectivity index (χ1n) is 7.57. The molecule has 1 aliphatic rings. The third kappa shape index (κ3) is 4.06. The van der Waals surface area contributed by atoms with Crippen LogP contribution in [0.2, 0.25) is 0 Å². The first kappa shape index (κ1) is 16.0. The number of carbonyl (C=O) groups is 2. The highest BCUT2D eigenvalue weighted by Gasteiger charge is 2.30. The molecule has 4 nitrogen and oxygen atoms in total. The predicted octanol–water partition coefficient (Wildman–Crippen LogP) is 2.61. The maximum absolute atomic E-state index is 12.6. The van der Waals surface area contributed by atoms with E-state index in [-0.39, 0.29) is 17.7 Å². The van der Waals surface area contributed by atoms with Gasteiger partial charge in [-0.2, -0.15) is 11.3 Å². The first-order valence-corrected chi connectivity index (χ1v) is 8.51. The fourth-order valence-electron chi connectivity index (χ4n) is 2.87. The van der Waals surface area contributed by atoms with Crippen LogP contribution in [0.25, 0.3) is 0 Å². The number of rotatable bonds is 4. The fourth-order valence-corrected chi connectivity index (χ4v) is 3.61. The van der Waals surface area contributed by atoms with Gasteiger partial charge in [-0.25, -0.2) is 0 Å². The summed E-state index contributed by atoms with van der Waals surface area (Å²) in [4.78, 5) is 25.8. The molecule has 2 amide bonds. The van der Waals surface area contributed by atoms with Gasteiger partial charge in [0.1, 0.15) is 6.04 Å². The van der Waals surface area contributed by atoms with Crippen molar-refractivity contribution in [3.05, 3.63) is 22.4 Å². The molecule has 1 aromatic heterocycles. The Balaban J connectivity index is 1.94. The maximum Gasteiger partial charge on any atom is 0.245 e. The van der Waals surface area contributed by atoms with Crippen molar-refractivity contribution in [3.8, 4) is 0 Å². The topological polar surface area (TPSA) is 49.4 Å². The van der Waals surface area contributed by atoms with Crippen molar-refractivity contribution in [2.45, 2.75) is 45.6 Å². The van der Waals surface area contributed by atoms with Gasteiger partial charge >= 0.3 is 0 Å². The van der Waals surface area contributed by atoms with Gasteiger partial charge in [0.15, 0.2) is 0 Å². The van der Waals surface area contributed by atoms with Crippen LogP contribution in [-0.4, -0.2) is 35.8 Å². The fraction of sp³-hybridized carbons (Fsp3) is 0.625. The summed E-state index contributed by atoms with van der Waals surface area (Å²) in [6.07, 6.45) is 2.01. The lowest BCUT2D eigenvalue weighted by Crippen LogP contribution is -2.52. The van der Waals surface area contributed by atoms with Crippen molar-refractivity contribution < 1.29 is 9.59 Å². The van der Waals surface area contributed by atoms with Crippen molar-refractivity contribution in [1.29, 1.82) is 0 Å². The summed E-state index contributed by atoms with van der Waals surface area (Å²) in [7, 11) is 0. The van der Waals surface area contributed by atoms with E-state index in [1.807, 2.05) is 18.7 Å². The molecule has 0 radical (unpaired) electrons. The van der Waals surface area contributed by atoms with Crippen molar-refractivity contribution in [3.63, 3.8) is 0 Å². The van der Waals surface area contributed by atoms with E-state index >= 15 is 0 Å². The van der Waals surface area contributed by atoms with E-state index in [2.05, 4.69) is 22.1 Å². The Morgan fingerprint density at radius 1 is 1.33 bits per heavy atom. The maximum atomic E-state index is 12.6. The van der Waals surface area contributed by atoms with Crippen molar-refractivity contribution in [2.75, 3.05) is 13.1 Å². The van der Waals surface area contributed by atoms with Crippen molar-refractivity contribution in [1.82, 2.24) is 10.2 Å². The molecule has 0 saturated carbocycles. The minimum Gasteiger partial charge on any atom is -0.344 e. The molecule has 116 valence electrons. The summed E-state index contributed by atoms with van der Waals surface area (Å²) in [5.41, 5.74) is 1.40. The number of hydrogen-bond donors (Lipinski definition) is 1. The van der Waals surface area contributed by atoms with Crippen LogP contribution in [0.1, 0.15) is 45.1 Å². The zero-order valence-electron chi connectivity index (χ0n) is 13.0. The van der Waals surface area contributed by atoms with Crippen LogP contribution in [0.5, 0.6) is 0 Å². The van der Waals surface area contributed by atoms with Crippen LogP contribution in [0.15, 0.2) is 16.8 Å². The molecular weight excluding hydrogens is 284 g/mol. The van der Waals surface area contributed by atoms with Crippen LogP contribution in [0.4, 0.5) is 0 Å². The van der Waals surface area contributed by atoms with E-state index in [0.717, 1.165) is 25.9 Å². The highest BCUT2D eigenvalue weighted by Crippen LogP contribution is 2.29. The Morgan fingerprint density at radius 2 is 2.00 bits per heavy atom. The lowest BCUT2D eigenvalue weighted by Gasteiger charge is -2.35. The Kier molecular flexibility index (Phi) is 5.39. The summed E-state index contributed by atoms with van der Waals surface area (Å²) in [5, 5.41) is 7.10. The molecule has 21 heavy (non-hydrogen) atoms. The Morgan fingerprint density at radius 3 is 2.48 bits per heavy atom. The van der Waals surface area contributed by atoms with Crippen LogP contribution in [0.3, 0.4) is 0 Å². The second kappa shape index (κ2) is 7.07. The van der Waals surface area contributed by atoms with Crippen molar-refractivity contribution >= 4 is 23.2 Å². The van der Waals surface area contributed by atoms with Crippen LogP contribution in [0, 0.1) is 5.92 Å². The van der Waals surface area contributed by atoms with Crippen LogP contribution >= 0.6 is 11.3 Å². The number of amides is 2. The minimum absolute atomic E-state index is 0.0592. The van der Waals surface area contributed by atoms with E-state index in [1.165, 1.54) is 12.5 Å². The van der Waals surface area contributed by atoms with Crippen LogP contribution in [-0.2, 0) is 9.59 Å². The van der Waals surface area contributed by atoms with Gasteiger partial charge < -0.3 is 10.2 Å². The van der Waals surface area contributed by atoms with Gasteiger partial charge in [-0.05, 0) is 47.1 Å². The zero-order chi connectivity index (χ0) is 15.4. The zero-order valence-corrected chi connectivity index (χ0v) is 13.8. The molecule has 1 N–H and O–H groups in total. The molecule has 2 heterocycles. The van der Waals surface area contributed by atoms with Crippen LogP contribution < -0.4 is 5.32 Å². The predicted molar refractivity (Wildman–Crippen MR) is 85.3 cm³/mol. The molecular formula is C16H24N2O2S. The summed E-state index contributed by atoms with van der Waals surface area (Å²) in [6, 6.07) is 1.78. The molecule has 1 aromatic rings. The molecule has 1 atom stereocenters. The smallest absolute Gasteiger partial charge is 0.245 e. The van der Waals surface area contributed by atoms with Gasteiger partial charge in [-0.15, -0.1) is 0 Å². The number of carbonyl (C=O) groups excluding carboxylic acids is 2. The molecule has 0 bridgehead atoms. The number of piperidine rings is 1. The summed E-state index contributed by atoms with van der Waals surface area (Å²) in [5.74, 6) is 0.591. The van der Waals surface area contributed by atoms with E-state index < -0.39 is 6.04 Å². The Bertz CT molecular complexity index is 476. The van der Waals surface area contributed by atoms with E-state index in [1.54, 1.807) is 11.3 Å². The molecule has 0 spiro atoms. The average molecular weight is 308 g/mol. The van der Waals surface area contributed by atoms with Gasteiger partial charge in [0.25, 0.3) is 0 Å². The van der Waals surface area contributed by atoms with Gasteiger partial charge in [-0.3, -0.25) is 9.59 Å². The molecule has 2 rings (SSSR count). The second-order valence-electron chi connectivity index (χ2n) is 6.08. The number of hydrogen-bond acceptors (Lipinski definition) is 3. The van der Waals surface area contributed by atoms with Gasteiger partial charge in [0.2, 0.25) is 11.8 Å². The molecule has 0 aliphatic carbocycles. The van der Waals surface area contributed by atoms with Crippen molar-refractivity contribution in [2.24, 2.45) is 5.92 Å². The second-order valence-corrected chi connectivity index (χ2v) is 6.86. The summed E-state index contributed by atoms with van der Waals surface area (Å²) in [6.45, 7) is 6.96. The summed E-state index contributed by atoms with van der Waals surface area (Å²) >= 11 is 1.73. The number of nitrogens with one attached hydrogen (secondary N) is 1. The Hall–Kier alpha value is -1.36. The lowest BCUT2D eigenvalue weighted by atomic mass is 9.90. The average Bonchev–Trinajstić information content (AvgIpc) is 2.98. The molecule has 5 heteroatoms. The van der Waals surface area contributed by atoms with E-state index in [0.29, 0.717) is 5.92 Å². The highest BCUT2D eigenvalue weighted by molar-refractivity contribution is 7.07. The standard InChI is InChI=1S/C16H24N2O2S/c1-11(2)15(17-12(3)19)16(20)18-7-4-13(5-8-18)14-6-9-21-10-14/h6,9-11,13,15H,4-5,7-8H2,1-3H3,(H,17,19).